The Morgan fingerprint density at radius 1 is 1.00 bits per heavy atom. The number of amides is 2. The average Bonchev–Trinajstić information content (AvgIpc) is 2.63. The minimum absolute atomic E-state index is 0.236. The molecule has 0 saturated carbocycles. The van der Waals surface area contributed by atoms with Crippen LogP contribution in [0.5, 0.6) is 0 Å². The van der Waals surface area contributed by atoms with Crippen LogP contribution in [0.4, 0.5) is 4.39 Å². The Morgan fingerprint density at radius 3 is 2.23 bits per heavy atom. The van der Waals surface area contributed by atoms with Gasteiger partial charge in [0.15, 0.2) is 0 Å². The van der Waals surface area contributed by atoms with Crippen LogP contribution in [-0.2, 0) is 22.6 Å². The normalized spacial score (nSPS) is 11.1. The number of hydrogen-bond acceptors (Lipinski definition) is 2. The van der Waals surface area contributed by atoms with E-state index in [1.807, 2.05) is 30.3 Å². The first kappa shape index (κ1) is 19.6. The molecule has 1 N–H and O–H groups in total. The summed E-state index contributed by atoms with van der Waals surface area (Å²) in [5.74, 6) is -0.837. The van der Waals surface area contributed by atoms with Gasteiger partial charge in [0.1, 0.15) is 11.2 Å². The molecule has 0 heterocycles. The molecule has 0 saturated heterocycles. The highest BCUT2D eigenvalue weighted by Gasteiger charge is 2.37. The van der Waals surface area contributed by atoms with Crippen LogP contribution in [0, 0.1) is 11.2 Å². The zero-order chi connectivity index (χ0) is 19.2. The number of rotatable bonds is 7. The number of nitrogens with zero attached hydrogens (tertiary/aromatic N) is 1. The Balaban J connectivity index is 1.88. The Bertz CT molecular complexity index is 742. The van der Waals surface area contributed by atoms with E-state index >= 15 is 0 Å². The van der Waals surface area contributed by atoms with Crippen LogP contribution < -0.4 is 5.32 Å². The second-order valence-electron chi connectivity index (χ2n) is 6.90. The summed E-state index contributed by atoms with van der Waals surface area (Å²) in [6.45, 7) is 4.10. The number of halogens is 1. The lowest BCUT2D eigenvalue weighted by Gasteiger charge is -2.28. The molecule has 0 unspecified atom stereocenters. The van der Waals surface area contributed by atoms with E-state index in [4.69, 9.17) is 0 Å². The summed E-state index contributed by atoms with van der Waals surface area (Å²) in [5.41, 5.74) is 0.777. The van der Waals surface area contributed by atoms with E-state index in [1.165, 1.54) is 12.1 Å². The van der Waals surface area contributed by atoms with Gasteiger partial charge in [-0.25, -0.2) is 4.39 Å². The standard InChI is InChI=1S/C21H25FN2O2/c1-21(2,20(26)24(3)15-17-7-5-4-6-8-17)19(25)23-14-13-16-9-11-18(22)12-10-16/h4-12H,13-15H2,1-3H3,(H,23,25). The minimum atomic E-state index is -1.16. The van der Waals surface area contributed by atoms with Gasteiger partial charge in [-0.3, -0.25) is 9.59 Å². The Hall–Kier alpha value is -2.69. The predicted octanol–water partition coefficient (Wildman–Crippen LogP) is 3.17. The van der Waals surface area contributed by atoms with Crippen LogP contribution in [-0.4, -0.2) is 30.3 Å². The fourth-order valence-electron chi connectivity index (χ4n) is 2.70. The van der Waals surface area contributed by atoms with Crippen molar-refractivity contribution >= 4 is 11.8 Å². The number of carbonyl (C=O) groups excluding carboxylic acids is 2. The third kappa shape index (κ3) is 5.15. The molecule has 2 aromatic rings. The van der Waals surface area contributed by atoms with Crippen molar-refractivity contribution < 1.29 is 14.0 Å². The molecule has 0 aliphatic heterocycles. The van der Waals surface area contributed by atoms with Crippen LogP contribution in [0.2, 0.25) is 0 Å². The first-order valence-electron chi connectivity index (χ1n) is 8.63. The largest absolute Gasteiger partial charge is 0.355 e. The summed E-state index contributed by atoms with van der Waals surface area (Å²) in [5, 5.41) is 2.81. The van der Waals surface area contributed by atoms with Crippen LogP contribution in [0.1, 0.15) is 25.0 Å². The van der Waals surface area contributed by atoms with E-state index in [0.29, 0.717) is 19.5 Å². The van der Waals surface area contributed by atoms with Crippen molar-refractivity contribution in [2.24, 2.45) is 5.41 Å². The second kappa shape index (κ2) is 8.61. The van der Waals surface area contributed by atoms with E-state index in [9.17, 15) is 14.0 Å². The van der Waals surface area contributed by atoms with Crippen LogP contribution >= 0.6 is 0 Å². The van der Waals surface area contributed by atoms with Gasteiger partial charge in [-0.2, -0.15) is 0 Å². The zero-order valence-corrected chi connectivity index (χ0v) is 15.5. The Labute approximate surface area is 154 Å². The molecule has 0 fully saturated rings. The van der Waals surface area contributed by atoms with Crippen molar-refractivity contribution in [2.45, 2.75) is 26.8 Å². The van der Waals surface area contributed by atoms with Gasteiger partial charge >= 0.3 is 0 Å². The van der Waals surface area contributed by atoms with Gasteiger partial charge in [0.05, 0.1) is 0 Å². The number of carbonyl (C=O) groups is 2. The van der Waals surface area contributed by atoms with Gasteiger partial charge in [-0.15, -0.1) is 0 Å². The molecule has 26 heavy (non-hydrogen) atoms. The van der Waals surface area contributed by atoms with Crippen LogP contribution in [0.25, 0.3) is 0 Å². The van der Waals surface area contributed by atoms with Gasteiger partial charge in [0.25, 0.3) is 0 Å². The van der Waals surface area contributed by atoms with Crippen molar-refractivity contribution in [1.82, 2.24) is 10.2 Å². The molecule has 0 aromatic heterocycles. The van der Waals surface area contributed by atoms with Crippen molar-refractivity contribution in [3.63, 3.8) is 0 Å². The highest BCUT2D eigenvalue weighted by atomic mass is 19.1. The quantitative estimate of drug-likeness (QED) is 0.775. The molecule has 2 amide bonds. The van der Waals surface area contributed by atoms with E-state index in [2.05, 4.69) is 5.32 Å². The summed E-state index contributed by atoms with van der Waals surface area (Å²) < 4.78 is 12.9. The lowest BCUT2D eigenvalue weighted by molar-refractivity contribution is -0.148. The minimum Gasteiger partial charge on any atom is -0.355 e. The summed E-state index contributed by atoms with van der Waals surface area (Å²) in [6.07, 6.45) is 0.580. The molecule has 0 radical (unpaired) electrons. The maximum Gasteiger partial charge on any atom is 0.237 e. The van der Waals surface area contributed by atoms with E-state index in [-0.39, 0.29) is 17.6 Å². The molecule has 2 aromatic carbocycles. The van der Waals surface area contributed by atoms with Crippen molar-refractivity contribution in [1.29, 1.82) is 0 Å². The van der Waals surface area contributed by atoms with E-state index < -0.39 is 5.41 Å². The Kier molecular flexibility index (Phi) is 6.50. The highest BCUT2D eigenvalue weighted by Crippen LogP contribution is 2.20. The summed E-state index contributed by atoms with van der Waals surface area (Å²) >= 11 is 0. The molecule has 0 spiro atoms. The molecule has 0 aliphatic rings. The number of hydrogen-bond donors (Lipinski definition) is 1. The summed E-state index contributed by atoms with van der Waals surface area (Å²) in [4.78, 5) is 26.8. The highest BCUT2D eigenvalue weighted by molar-refractivity contribution is 6.04. The maximum absolute atomic E-state index is 12.9. The van der Waals surface area contributed by atoms with Crippen molar-refractivity contribution in [2.75, 3.05) is 13.6 Å². The van der Waals surface area contributed by atoms with Crippen molar-refractivity contribution in [3.8, 4) is 0 Å². The smallest absolute Gasteiger partial charge is 0.237 e. The maximum atomic E-state index is 12.9. The molecule has 2 rings (SSSR count). The van der Waals surface area contributed by atoms with Gasteiger partial charge in [-0.05, 0) is 43.5 Å². The van der Waals surface area contributed by atoms with Gasteiger partial charge in [0.2, 0.25) is 11.8 Å². The molecule has 0 aliphatic carbocycles. The molecular formula is C21H25FN2O2. The van der Waals surface area contributed by atoms with Crippen LogP contribution in [0.15, 0.2) is 54.6 Å². The third-order valence-corrected chi connectivity index (χ3v) is 4.32. The fourth-order valence-corrected chi connectivity index (χ4v) is 2.70. The van der Waals surface area contributed by atoms with Gasteiger partial charge < -0.3 is 10.2 Å². The van der Waals surface area contributed by atoms with E-state index in [1.54, 1.807) is 37.9 Å². The number of benzene rings is 2. The van der Waals surface area contributed by atoms with Gasteiger partial charge in [0, 0.05) is 20.1 Å². The second-order valence-corrected chi connectivity index (χ2v) is 6.90. The fraction of sp³-hybridized carbons (Fsp3) is 0.333. The average molecular weight is 356 g/mol. The monoisotopic (exact) mass is 356 g/mol. The zero-order valence-electron chi connectivity index (χ0n) is 15.5. The Morgan fingerprint density at radius 2 is 1.62 bits per heavy atom. The molecule has 138 valence electrons. The van der Waals surface area contributed by atoms with Gasteiger partial charge in [-0.1, -0.05) is 42.5 Å². The predicted molar refractivity (Wildman–Crippen MR) is 99.8 cm³/mol. The third-order valence-electron chi connectivity index (χ3n) is 4.32. The molecular weight excluding hydrogens is 331 g/mol. The lowest BCUT2D eigenvalue weighted by Crippen LogP contribution is -2.48. The summed E-state index contributed by atoms with van der Waals surface area (Å²) in [6, 6.07) is 15.8. The van der Waals surface area contributed by atoms with Crippen LogP contribution in [0.3, 0.4) is 0 Å². The van der Waals surface area contributed by atoms with Crippen molar-refractivity contribution in [3.05, 3.63) is 71.5 Å². The first-order chi connectivity index (χ1) is 12.3. The topological polar surface area (TPSA) is 49.4 Å². The molecule has 0 bridgehead atoms. The first-order valence-corrected chi connectivity index (χ1v) is 8.63. The molecule has 5 heteroatoms. The summed E-state index contributed by atoms with van der Waals surface area (Å²) in [7, 11) is 1.70. The lowest BCUT2D eigenvalue weighted by atomic mass is 9.90. The van der Waals surface area contributed by atoms with E-state index in [0.717, 1.165) is 11.1 Å². The molecule has 0 atom stereocenters. The SMILES string of the molecule is CN(Cc1ccccc1)C(=O)C(C)(C)C(=O)NCCc1ccc(F)cc1. The number of nitrogens with one attached hydrogen (secondary N) is 1. The molecule has 4 nitrogen and oxygen atoms in total.